The van der Waals surface area contributed by atoms with Crippen LogP contribution in [0.1, 0.15) is 52.1 Å². The summed E-state index contributed by atoms with van der Waals surface area (Å²) >= 11 is 0. The predicted molar refractivity (Wildman–Crippen MR) is 89.4 cm³/mol. The van der Waals surface area contributed by atoms with Crippen molar-refractivity contribution in [1.29, 1.82) is 0 Å². The summed E-state index contributed by atoms with van der Waals surface area (Å²) in [4.78, 5) is 14.2. The van der Waals surface area contributed by atoms with Crippen LogP contribution in [0.15, 0.2) is 24.3 Å². The van der Waals surface area contributed by atoms with Gasteiger partial charge < -0.3 is 16.0 Å². The topological polar surface area (TPSA) is 58.4 Å². The minimum Gasteiger partial charge on any atom is -0.325 e. The van der Waals surface area contributed by atoms with Crippen LogP contribution in [-0.2, 0) is 0 Å². The second kappa shape index (κ2) is 8.67. The van der Waals surface area contributed by atoms with Crippen LogP contribution in [0.25, 0.3) is 0 Å². The highest BCUT2D eigenvalue weighted by atomic mass is 16.2. The number of urea groups is 1. The highest BCUT2D eigenvalue weighted by Gasteiger charge is 2.15. The largest absolute Gasteiger partial charge is 0.325 e. The zero-order chi connectivity index (χ0) is 15.8. The van der Waals surface area contributed by atoms with Gasteiger partial charge in [0.05, 0.1) is 0 Å². The van der Waals surface area contributed by atoms with Crippen LogP contribution in [0.3, 0.4) is 0 Å². The number of nitrogens with two attached hydrogens (primary N) is 1. The van der Waals surface area contributed by atoms with Crippen LogP contribution in [0.2, 0.25) is 0 Å². The molecule has 0 radical (unpaired) electrons. The minimum atomic E-state index is -0.0297. The molecule has 0 aliphatic carbocycles. The molecule has 1 atom stereocenters. The number of amides is 2. The summed E-state index contributed by atoms with van der Waals surface area (Å²) in [7, 11) is 0. The number of carbonyl (C=O) groups excluding carboxylic acids is 1. The lowest BCUT2D eigenvalue weighted by Crippen LogP contribution is -2.38. The minimum absolute atomic E-state index is 0.0109. The molecule has 21 heavy (non-hydrogen) atoms. The molecule has 0 saturated heterocycles. The lowest BCUT2D eigenvalue weighted by molar-refractivity contribution is 0.202. The van der Waals surface area contributed by atoms with Crippen LogP contribution >= 0.6 is 0 Å². The molecule has 0 aromatic heterocycles. The fourth-order valence-electron chi connectivity index (χ4n) is 2.29. The number of nitrogens with one attached hydrogen (secondary N) is 1. The summed E-state index contributed by atoms with van der Waals surface area (Å²) in [5.41, 5.74) is 7.70. The highest BCUT2D eigenvalue weighted by Crippen LogP contribution is 2.15. The van der Waals surface area contributed by atoms with Crippen LogP contribution in [0.5, 0.6) is 0 Å². The first-order valence-electron chi connectivity index (χ1n) is 7.93. The van der Waals surface area contributed by atoms with Gasteiger partial charge in [-0.1, -0.05) is 38.8 Å². The Morgan fingerprint density at radius 1 is 1.19 bits per heavy atom. The summed E-state index contributed by atoms with van der Waals surface area (Å²) in [5, 5.41) is 2.96. The summed E-state index contributed by atoms with van der Waals surface area (Å²) in [6.07, 6.45) is 2.20. The molecule has 0 aliphatic rings. The molecule has 0 bridgehead atoms. The Bertz CT molecular complexity index is 424. The molecule has 3 N–H and O–H groups in total. The molecule has 0 spiro atoms. The molecule has 4 nitrogen and oxygen atoms in total. The van der Waals surface area contributed by atoms with E-state index in [1.165, 1.54) is 0 Å². The molecule has 118 valence electrons. The van der Waals surface area contributed by atoms with Gasteiger partial charge in [-0.25, -0.2) is 4.79 Å². The van der Waals surface area contributed by atoms with Crippen molar-refractivity contribution in [3.05, 3.63) is 29.8 Å². The molecule has 4 heteroatoms. The number of anilines is 1. The number of benzene rings is 1. The summed E-state index contributed by atoms with van der Waals surface area (Å²) < 4.78 is 0. The zero-order valence-corrected chi connectivity index (χ0v) is 13.7. The highest BCUT2D eigenvalue weighted by molar-refractivity contribution is 5.89. The van der Waals surface area contributed by atoms with Gasteiger partial charge in [-0.05, 0) is 37.5 Å². The molecule has 1 aromatic carbocycles. The molecule has 0 fully saturated rings. The number of carbonyl (C=O) groups is 1. The first kappa shape index (κ1) is 17.5. The Morgan fingerprint density at radius 2 is 1.76 bits per heavy atom. The molecule has 1 aromatic rings. The Morgan fingerprint density at radius 3 is 2.19 bits per heavy atom. The van der Waals surface area contributed by atoms with E-state index in [0.717, 1.165) is 37.2 Å². The van der Waals surface area contributed by atoms with Crippen molar-refractivity contribution in [2.75, 3.05) is 18.4 Å². The average molecular weight is 291 g/mol. The maximum Gasteiger partial charge on any atom is 0.321 e. The molecule has 0 aliphatic heterocycles. The van der Waals surface area contributed by atoms with E-state index in [0.29, 0.717) is 5.92 Å². The van der Waals surface area contributed by atoms with Gasteiger partial charge in [0.25, 0.3) is 0 Å². The van der Waals surface area contributed by atoms with E-state index in [2.05, 4.69) is 19.2 Å². The van der Waals surface area contributed by atoms with Crippen LogP contribution in [-0.4, -0.2) is 24.0 Å². The summed E-state index contributed by atoms with van der Waals surface area (Å²) in [5.74, 6) is 0.566. The van der Waals surface area contributed by atoms with Crippen molar-refractivity contribution in [2.24, 2.45) is 11.7 Å². The molecule has 0 heterocycles. The maximum atomic E-state index is 12.3. The van der Waals surface area contributed by atoms with Crippen molar-refractivity contribution in [2.45, 2.75) is 46.6 Å². The third-order valence-electron chi connectivity index (χ3n) is 3.99. The summed E-state index contributed by atoms with van der Waals surface area (Å²) in [6.45, 7) is 9.84. The molecular weight excluding hydrogens is 262 g/mol. The van der Waals surface area contributed by atoms with Crippen LogP contribution in [0.4, 0.5) is 10.5 Å². The first-order chi connectivity index (χ1) is 10.0. The van der Waals surface area contributed by atoms with Gasteiger partial charge in [0.1, 0.15) is 0 Å². The van der Waals surface area contributed by atoms with Gasteiger partial charge in [-0.15, -0.1) is 0 Å². The molecule has 1 unspecified atom stereocenters. The number of rotatable bonds is 7. The molecule has 1 rings (SSSR count). The van der Waals surface area contributed by atoms with Gasteiger partial charge in [0, 0.05) is 24.8 Å². The van der Waals surface area contributed by atoms with Crippen molar-refractivity contribution in [3.8, 4) is 0 Å². The van der Waals surface area contributed by atoms with Gasteiger partial charge in [-0.2, -0.15) is 0 Å². The zero-order valence-electron chi connectivity index (χ0n) is 13.7. The standard InChI is InChI=1S/C17H29N3O/c1-5-14(6-2)12-20(7-3)17(21)19-16-10-8-15(9-11-16)13(4)18/h8-11,13-14H,5-7,12,18H2,1-4H3,(H,19,21). The maximum absolute atomic E-state index is 12.3. The van der Waals surface area contributed by atoms with E-state index in [9.17, 15) is 4.79 Å². The lowest BCUT2D eigenvalue weighted by Gasteiger charge is -2.25. The second-order valence-electron chi connectivity index (χ2n) is 5.56. The Labute approximate surface area is 128 Å². The smallest absolute Gasteiger partial charge is 0.321 e. The Balaban J connectivity index is 2.65. The van der Waals surface area contributed by atoms with E-state index < -0.39 is 0 Å². The fourth-order valence-corrected chi connectivity index (χ4v) is 2.29. The van der Waals surface area contributed by atoms with Gasteiger partial charge in [0.15, 0.2) is 0 Å². The fraction of sp³-hybridized carbons (Fsp3) is 0.588. The van der Waals surface area contributed by atoms with Crippen molar-refractivity contribution < 1.29 is 4.79 Å². The van der Waals surface area contributed by atoms with E-state index >= 15 is 0 Å². The average Bonchev–Trinajstić information content (AvgIpc) is 2.49. The van der Waals surface area contributed by atoms with E-state index in [-0.39, 0.29) is 12.1 Å². The van der Waals surface area contributed by atoms with Crippen LogP contribution < -0.4 is 11.1 Å². The SMILES string of the molecule is CCC(CC)CN(CC)C(=O)Nc1ccc(C(C)N)cc1. The molecule has 2 amide bonds. The molecule has 0 saturated carbocycles. The lowest BCUT2D eigenvalue weighted by atomic mass is 10.0. The number of hydrogen-bond acceptors (Lipinski definition) is 2. The van der Waals surface area contributed by atoms with Crippen molar-refractivity contribution in [3.63, 3.8) is 0 Å². The van der Waals surface area contributed by atoms with Gasteiger partial charge in [-0.3, -0.25) is 0 Å². The predicted octanol–water partition coefficient (Wildman–Crippen LogP) is 4.00. The van der Waals surface area contributed by atoms with Gasteiger partial charge in [0.2, 0.25) is 0 Å². The van der Waals surface area contributed by atoms with Gasteiger partial charge >= 0.3 is 6.03 Å². The summed E-state index contributed by atoms with van der Waals surface area (Å²) in [6, 6.07) is 7.70. The Kier molecular flexibility index (Phi) is 7.23. The van der Waals surface area contributed by atoms with E-state index in [1.807, 2.05) is 43.0 Å². The quantitative estimate of drug-likeness (QED) is 0.798. The number of nitrogens with zero attached hydrogens (tertiary/aromatic N) is 1. The molecular formula is C17H29N3O. The van der Waals surface area contributed by atoms with E-state index in [4.69, 9.17) is 5.73 Å². The third-order valence-corrected chi connectivity index (χ3v) is 3.99. The first-order valence-corrected chi connectivity index (χ1v) is 7.93. The number of hydrogen-bond donors (Lipinski definition) is 2. The normalized spacial score (nSPS) is 12.3. The second-order valence-corrected chi connectivity index (χ2v) is 5.56. The third kappa shape index (κ3) is 5.38. The monoisotopic (exact) mass is 291 g/mol. The van der Waals surface area contributed by atoms with E-state index in [1.54, 1.807) is 0 Å². The van der Waals surface area contributed by atoms with Crippen molar-refractivity contribution >= 4 is 11.7 Å². The Hall–Kier alpha value is -1.55. The van der Waals surface area contributed by atoms with Crippen LogP contribution in [0, 0.1) is 5.92 Å². The van der Waals surface area contributed by atoms with Crippen molar-refractivity contribution in [1.82, 2.24) is 4.90 Å².